The van der Waals surface area contributed by atoms with Gasteiger partial charge in [-0.15, -0.1) is 0 Å². The fourth-order valence-electron chi connectivity index (χ4n) is 10.7. The van der Waals surface area contributed by atoms with Crippen LogP contribution in [0.5, 0.6) is 11.5 Å². The van der Waals surface area contributed by atoms with Gasteiger partial charge in [0.1, 0.15) is 41.0 Å². The fourth-order valence-corrected chi connectivity index (χ4v) is 13.3. The number of carboxylic acid groups (broad SMARTS) is 1. The normalized spacial score (nSPS) is 15.5. The van der Waals surface area contributed by atoms with Gasteiger partial charge in [0.05, 0.1) is 42.8 Å². The number of carbonyl (C=O) groups is 3. The van der Waals surface area contributed by atoms with Crippen LogP contribution in [0.3, 0.4) is 0 Å². The minimum atomic E-state index is -2.41. The number of phenolic OH excluding ortho intramolecular Hbond substituents is 1. The molecule has 9 N–H and O–H groups in total. The van der Waals surface area contributed by atoms with Crippen LogP contribution in [0, 0.1) is 39.5 Å². The molecule has 0 saturated carbocycles. The quantitative estimate of drug-likeness (QED) is 0.0129. The van der Waals surface area contributed by atoms with Gasteiger partial charge in [-0.3, -0.25) is 9.59 Å². The molecule has 17 heteroatoms. The summed E-state index contributed by atoms with van der Waals surface area (Å²) < 4.78 is 31.9. The number of aromatic hydroxyl groups is 1. The van der Waals surface area contributed by atoms with Crippen LogP contribution in [-0.4, -0.2) is 121 Å². The van der Waals surface area contributed by atoms with Gasteiger partial charge in [-0.25, -0.2) is 4.79 Å². The number of aryl methyl sites for hydroxylation is 4. The largest absolute Gasteiger partial charge is 0.508 e. The molecule has 1 amide bonds. The lowest BCUT2D eigenvalue weighted by Crippen LogP contribution is -2.67. The van der Waals surface area contributed by atoms with Crippen LogP contribution in [0.15, 0.2) is 140 Å². The average Bonchev–Trinajstić information content (AvgIpc) is 0.831. The maximum atomic E-state index is 13.6. The summed E-state index contributed by atoms with van der Waals surface area (Å²) in [6.45, 7) is 41.2. The molecule has 0 saturated heterocycles. The third-order valence-electron chi connectivity index (χ3n) is 18.1. The Balaban J connectivity index is 0.000000424. The van der Waals surface area contributed by atoms with Gasteiger partial charge in [-0.05, 0) is 212 Å². The van der Waals surface area contributed by atoms with E-state index in [0.717, 1.165) is 55.8 Å². The Hall–Kier alpha value is -6.42. The number of amides is 1. The Labute approximate surface area is 571 Å². The number of hydrogen-bond acceptors (Lipinski definition) is 12. The van der Waals surface area contributed by atoms with Crippen LogP contribution in [0.2, 0.25) is 36.3 Å². The van der Waals surface area contributed by atoms with Crippen molar-refractivity contribution < 1.29 is 68.7 Å². The number of hydrogen-bond donors (Lipinski definition) is 7. The topological polar surface area (TPSA) is 238 Å². The molecule has 5 aromatic carbocycles. The molecule has 0 heterocycles. The van der Waals surface area contributed by atoms with Gasteiger partial charge in [0.25, 0.3) is 0 Å². The van der Waals surface area contributed by atoms with E-state index in [4.69, 9.17) is 23.1 Å². The number of quaternary nitrogens is 1. The van der Waals surface area contributed by atoms with E-state index in [0.29, 0.717) is 32.1 Å². The van der Waals surface area contributed by atoms with Gasteiger partial charge in [-0.1, -0.05) is 157 Å². The average molecular weight is 1350 g/mol. The second-order valence-corrected chi connectivity index (χ2v) is 40.2. The second kappa shape index (κ2) is 35.7. The van der Waals surface area contributed by atoms with E-state index in [-0.39, 0.29) is 46.9 Å². The van der Waals surface area contributed by atoms with Crippen LogP contribution >= 0.6 is 0 Å². The Morgan fingerprint density at radius 2 is 1.02 bits per heavy atom. The third kappa shape index (κ3) is 27.2. The molecule has 0 aliphatic carbocycles. The van der Waals surface area contributed by atoms with Gasteiger partial charge in [0.2, 0.25) is 0 Å². The highest BCUT2D eigenvalue weighted by Gasteiger charge is 2.44. The summed E-state index contributed by atoms with van der Waals surface area (Å²) in [6.07, 6.45) is 5.51. The van der Waals surface area contributed by atoms with E-state index in [9.17, 15) is 39.9 Å². The molecule has 0 radical (unpaired) electrons. The lowest BCUT2D eigenvalue weighted by molar-refractivity contribution is -0.436. The first-order chi connectivity index (χ1) is 44.0. The summed E-state index contributed by atoms with van der Waals surface area (Å²) >= 11 is 0. The SMILES string of the molecule is Cc1cc(O)cc(C)c1C[C@H]([NH3+])[C@@H](O)C/C=C/[C@H](O)[C@@H](Cc1ccccc1)C(=O)O[C@H](CO)Cc1ccccc1.Cc1cc(OC(C)(C)C)cc(C)c1C[C@H](NC(=O)OC(C)(C)C)[C@H](C/C=C/[C@H](O[Si](C)(C)C(C)(C)C)[C@@H](Cc1ccccc1)C(=O)O)O[Si](C)(C)C(C)(C)C. The molecule has 0 fully saturated rings. The number of esters is 1. The molecule has 524 valence electrons. The van der Waals surface area contributed by atoms with Crippen molar-refractivity contribution in [2.75, 3.05) is 6.61 Å². The zero-order chi connectivity index (χ0) is 71.4. The molecule has 0 spiro atoms. The zero-order valence-corrected chi connectivity index (χ0v) is 62.8. The fraction of sp³-hybridized carbons (Fsp3) is 0.526. The number of rotatable bonds is 30. The predicted molar refractivity (Wildman–Crippen MR) is 387 cm³/mol. The smallest absolute Gasteiger partial charge is 0.407 e. The monoisotopic (exact) mass is 1350 g/mol. The standard InChI is InChI=1S/C45H75NO7Si2.C33H41NO6/c1-31-27-34(50-42(3,4)5)28-32(2)35(31)30-37(46-41(49)51-43(6,7)8)39(53-55(17,18)45(12,13)14)26-22-25-38(52-54(15,16)44(9,10)11)36(40(47)48)29-33-23-20-19-21-24-33;1-22-16-26(36)17-23(2)28(22)20-30(34)32(38)15-9-14-31(37)29(19-25-12-7-4-8-13-25)33(39)40-27(21-35)18-24-10-5-3-6-11-24/h19-25,27-28,36-39H,26,29-30H2,1-18H3,(H,46,49)(H,47,48);3-14,16-17,27,29-32,35-38H,15,18-21,34H2,1-2H3/p+1/b25-22+;14-9+/t36-,37+,38+,39+;27-,29+,30-,31-,32-/m10/s1. The number of aliphatic carboxylic acids is 1. The Morgan fingerprint density at radius 3 is 1.47 bits per heavy atom. The van der Waals surface area contributed by atoms with Crippen molar-refractivity contribution in [3.8, 4) is 11.5 Å². The molecule has 95 heavy (non-hydrogen) atoms. The predicted octanol–water partition coefficient (Wildman–Crippen LogP) is 14.4. The molecule has 5 rings (SSSR count). The number of aliphatic hydroxyl groups excluding tert-OH is 3. The van der Waals surface area contributed by atoms with E-state index in [1.54, 1.807) is 18.2 Å². The molecule has 5 aromatic rings. The van der Waals surface area contributed by atoms with Crippen LogP contribution < -0.4 is 15.8 Å². The molecule has 0 bridgehead atoms. The van der Waals surface area contributed by atoms with Gasteiger partial charge < -0.3 is 59.6 Å². The number of alkyl carbamates (subject to hydrolysis) is 1. The Bertz CT molecular complexity index is 3210. The highest BCUT2D eigenvalue weighted by atomic mass is 28.4. The molecule has 0 aliphatic rings. The number of ether oxygens (including phenoxy) is 3. The number of carbonyl (C=O) groups excluding carboxylic acids is 2. The lowest BCUT2D eigenvalue weighted by Gasteiger charge is -2.42. The van der Waals surface area contributed by atoms with Crippen molar-refractivity contribution in [3.05, 3.63) is 190 Å². The van der Waals surface area contributed by atoms with Gasteiger partial charge >= 0.3 is 18.0 Å². The summed E-state index contributed by atoms with van der Waals surface area (Å²) in [5.41, 5.74) is 12.0. The Morgan fingerprint density at radius 1 is 0.579 bits per heavy atom. The second-order valence-electron chi connectivity index (χ2n) is 30.7. The molecule has 15 nitrogen and oxygen atoms in total. The van der Waals surface area contributed by atoms with Crippen molar-refractivity contribution in [1.29, 1.82) is 0 Å². The van der Waals surface area contributed by atoms with E-state index in [1.165, 1.54) is 6.08 Å². The van der Waals surface area contributed by atoms with Crippen molar-refractivity contribution in [2.45, 2.75) is 246 Å². The van der Waals surface area contributed by atoms with E-state index >= 15 is 0 Å². The van der Waals surface area contributed by atoms with E-state index < -0.39 is 88.7 Å². The van der Waals surface area contributed by atoms with Crippen molar-refractivity contribution in [2.24, 2.45) is 11.8 Å². The van der Waals surface area contributed by atoms with Gasteiger partial charge in [0, 0.05) is 12.8 Å². The summed E-state index contributed by atoms with van der Waals surface area (Å²) in [4.78, 5) is 39.8. The van der Waals surface area contributed by atoms with Crippen LogP contribution in [0.4, 0.5) is 4.79 Å². The van der Waals surface area contributed by atoms with Crippen LogP contribution in [-0.2, 0) is 60.0 Å². The molecule has 0 aromatic heterocycles. The first-order valence-electron chi connectivity index (χ1n) is 33.6. The van der Waals surface area contributed by atoms with Crippen molar-refractivity contribution in [1.82, 2.24) is 5.32 Å². The minimum absolute atomic E-state index is 0.110. The first kappa shape index (κ1) is 81.0. The number of nitrogens with one attached hydrogen (secondary N) is 1. The molecule has 0 unspecified atom stereocenters. The maximum Gasteiger partial charge on any atom is 0.407 e. The molecular weight excluding hydrogens is 1230 g/mol. The zero-order valence-electron chi connectivity index (χ0n) is 60.8. The van der Waals surface area contributed by atoms with E-state index in [2.05, 4.69) is 105 Å². The third-order valence-corrected chi connectivity index (χ3v) is 27.1. The molecular formula is C78H117N2O13Si2+. The summed E-state index contributed by atoms with van der Waals surface area (Å²) in [7, 11) is -4.81. The van der Waals surface area contributed by atoms with Crippen molar-refractivity contribution in [3.63, 3.8) is 0 Å². The molecule has 0 aliphatic heterocycles. The Kier molecular flexibility index (Phi) is 30.5. The van der Waals surface area contributed by atoms with E-state index in [1.807, 2.05) is 159 Å². The van der Waals surface area contributed by atoms with Crippen LogP contribution in [0.1, 0.15) is 146 Å². The molecule has 9 atom stereocenters. The lowest BCUT2D eigenvalue weighted by atomic mass is 9.91. The maximum absolute atomic E-state index is 13.6. The number of phenols is 1. The number of benzene rings is 5. The van der Waals surface area contributed by atoms with Crippen molar-refractivity contribution >= 4 is 34.7 Å². The van der Waals surface area contributed by atoms with Gasteiger partial charge in [-0.2, -0.15) is 0 Å². The number of carboxylic acids is 1. The summed E-state index contributed by atoms with van der Waals surface area (Å²) in [6, 6.07) is 35.3. The van der Waals surface area contributed by atoms with Crippen LogP contribution in [0.25, 0.3) is 0 Å². The minimum Gasteiger partial charge on any atom is -0.508 e. The highest BCUT2D eigenvalue weighted by molar-refractivity contribution is 6.74. The highest BCUT2D eigenvalue weighted by Crippen LogP contribution is 2.41. The first-order valence-corrected chi connectivity index (χ1v) is 39.4. The number of aliphatic hydroxyl groups is 3. The summed E-state index contributed by atoms with van der Waals surface area (Å²) in [5.74, 6) is -2.17. The van der Waals surface area contributed by atoms with Gasteiger partial charge in [0.15, 0.2) is 16.6 Å². The summed E-state index contributed by atoms with van der Waals surface area (Å²) in [5, 5.41) is 55.0.